The molecule has 1 saturated carbocycles. The molecule has 0 saturated heterocycles. The number of fused-ring (bicyclic) bond motifs is 1. The second-order valence-corrected chi connectivity index (χ2v) is 9.43. The van der Waals surface area contributed by atoms with E-state index < -0.39 is 11.7 Å². The van der Waals surface area contributed by atoms with Crippen LogP contribution in [0, 0.1) is 11.8 Å². The third kappa shape index (κ3) is 6.97. The number of carbonyl (C=O) groups is 2. The third-order valence-corrected chi connectivity index (χ3v) is 6.75. The fourth-order valence-corrected chi connectivity index (χ4v) is 4.65. The molecule has 1 amide bonds. The van der Waals surface area contributed by atoms with Gasteiger partial charge >= 0.3 is 17.7 Å². The molecule has 7 nitrogen and oxygen atoms in total. The van der Waals surface area contributed by atoms with Crippen LogP contribution in [-0.4, -0.2) is 18.6 Å². The maximum Gasteiger partial charge on any atom is 0.407 e. The smallest absolute Gasteiger partial charge is 0.407 e. The highest BCUT2D eigenvalue weighted by molar-refractivity contribution is 5.83. The molecule has 1 N–H and O–H groups in total. The summed E-state index contributed by atoms with van der Waals surface area (Å²) in [6.45, 7) is 2.87. The van der Waals surface area contributed by atoms with E-state index in [0.29, 0.717) is 36.6 Å². The molecule has 3 aromatic rings. The van der Waals surface area contributed by atoms with Crippen molar-refractivity contribution in [2.24, 2.45) is 11.8 Å². The lowest BCUT2D eigenvalue weighted by Crippen LogP contribution is -2.33. The zero-order valence-corrected chi connectivity index (χ0v) is 20.7. The molecule has 0 bridgehead atoms. The fourth-order valence-electron chi connectivity index (χ4n) is 4.65. The van der Waals surface area contributed by atoms with Crippen molar-refractivity contribution < 1.29 is 23.5 Å². The lowest BCUT2D eigenvalue weighted by Gasteiger charge is -2.27. The summed E-state index contributed by atoms with van der Waals surface area (Å²) in [7, 11) is 0. The van der Waals surface area contributed by atoms with Gasteiger partial charge in [0.05, 0.1) is 5.92 Å². The van der Waals surface area contributed by atoms with Crippen molar-refractivity contribution in [3.63, 3.8) is 0 Å². The zero-order valence-electron chi connectivity index (χ0n) is 20.7. The van der Waals surface area contributed by atoms with Crippen molar-refractivity contribution in [3.05, 3.63) is 76.1 Å². The Balaban J connectivity index is 1.24. The van der Waals surface area contributed by atoms with Gasteiger partial charge in [0.25, 0.3) is 0 Å². The van der Waals surface area contributed by atoms with E-state index in [9.17, 15) is 14.4 Å². The topological polar surface area (TPSA) is 94.8 Å². The highest BCUT2D eigenvalue weighted by Gasteiger charge is 2.28. The van der Waals surface area contributed by atoms with Crippen LogP contribution >= 0.6 is 0 Å². The number of alkyl carbamates (subject to hydrolysis) is 1. The van der Waals surface area contributed by atoms with Gasteiger partial charge in [0.1, 0.15) is 17.9 Å². The SMILES string of the molecule is CCCCc1cc(=O)oc2cc(OC(=O)C3CCC(CNC(=O)OCc4ccccc4)CC3)ccc12. The number of benzene rings is 2. The molecule has 190 valence electrons. The molecule has 0 atom stereocenters. The van der Waals surface area contributed by atoms with Crippen molar-refractivity contribution in [3.8, 4) is 5.75 Å². The third-order valence-electron chi connectivity index (χ3n) is 6.75. The number of aryl methyl sites for hydroxylation is 1. The monoisotopic (exact) mass is 491 g/mol. The molecule has 4 rings (SSSR count). The summed E-state index contributed by atoms with van der Waals surface area (Å²) in [5.74, 6) is 0.223. The number of unbranched alkanes of at least 4 members (excludes halogenated alkanes) is 1. The minimum Gasteiger partial charge on any atom is -0.445 e. The summed E-state index contributed by atoms with van der Waals surface area (Å²) in [6, 6.07) is 16.3. The van der Waals surface area contributed by atoms with E-state index in [2.05, 4.69) is 12.2 Å². The molecule has 7 heteroatoms. The average Bonchev–Trinajstić information content (AvgIpc) is 2.90. The molecule has 0 aliphatic heterocycles. The predicted molar refractivity (Wildman–Crippen MR) is 137 cm³/mol. The summed E-state index contributed by atoms with van der Waals surface area (Å²) in [6.07, 6.45) is 5.46. The second-order valence-electron chi connectivity index (χ2n) is 9.43. The molecule has 0 spiro atoms. The largest absolute Gasteiger partial charge is 0.445 e. The van der Waals surface area contributed by atoms with E-state index in [-0.39, 0.29) is 18.5 Å². The molecule has 1 aromatic heterocycles. The maximum atomic E-state index is 12.8. The van der Waals surface area contributed by atoms with E-state index in [1.165, 1.54) is 0 Å². The van der Waals surface area contributed by atoms with Gasteiger partial charge in [-0.05, 0) is 67.7 Å². The predicted octanol–water partition coefficient (Wildman–Crippen LogP) is 5.77. The maximum absolute atomic E-state index is 12.8. The number of ether oxygens (including phenoxy) is 2. The van der Waals surface area contributed by atoms with Crippen LogP contribution in [-0.2, 0) is 22.6 Å². The summed E-state index contributed by atoms with van der Waals surface area (Å²) < 4.78 is 16.3. The van der Waals surface area contributed by atoms with Crippen molar-refractivity contribution in [2.45, 2.75) is 58.5 Å². The van der Waals surface area contributed by atoms with Crippen LogP contribution in [0.3, 0.4) is 0 Å². The lowest BCUT2D eigenvalue weighted by atomic mass is 9.82. The highest BCUT2D eigenvalue weighted by Crippen LogP contribution is 2.31. The van der Waals surface area contributed by atoms with Crippen LogP contribution in [0.4, 0.5) is 4.79 Å². The summed E-state index contributed by atoms with van der Waals surface area (Å²) in [5, 5.41) is 3.71. The first-order valence-electron chi connectivity index (χ1n) is 12.7. The van der Waals surface area contributed by atoms with Gasteiger partial charge in [-0.3, -0.25) is 4.79 Å². The molecule has 1 aliphatic carbocycles. The van der Waals surface area contributed by atoms with Gasteiger partial charge in [0.2, 0.25) is 0 Å². The molecule has 1 fully saturated rings. The van der Waals surface area contributed by atoms with E-state index in [1.807, 2.05) is 36.4 Å². The Labute approximate surface area is 210 Å². The van der Waals surface area contributed by atoms with Gasteiger partial charge in [-0.2, -0.15) is 0 Å². The number of amides is 1. The van der Waals surface area contributed by atoms with Gasteiger partial charge in [0.15, 0.2) is 0 Å². The van der Waals surface area contributed by atoms with Crippen molar-refractivity contribution in [1.29, 1.82) is 0 Å². The summed E-state index contributed by atoms with van der Waals surface area (Å²) in [5.41, 5.74) is 1.94. The molecule has 36 heavy (non-hydrogen) atoms. The van der Waals surface area contributed by atoms with Gasteiger partial charge in [0, 0.05) is 24.1 Å². The highest BCUT2D eigenvalue weighted by atomic mass is 16.5. The molecule has 0 radical (unpaired) electrons. The van der Waals surface area contributed by atoms with Gasteiger partial charge in [-0.1, -0.05) is 43.7 Å². The van der Waals surface area contributed by atoms with E-state index in [0.717, 1.165) is 48.6 Å². The summed E-state index contributed by atoms with van der Waals surface area (Å²) in [4.78, 5) is 36.7. The molecule has 2 aromatic carbocycles. The second kappa shape index (κ2) is 12.4. The number of hydrogen-bond acceptors (Lipinski definition) is 6. The van der Waals surface area contributed by atoms with Crippen LogP contribution in [0.1, 0.15) is 56.6 Å². The quantitative estimate of drug-likeness (QED) is 0.232. The zero-order chi connectivity index (χ0) is 25.3. The Hall–Kier alpha value is -3.61. The van der Waals surface area contributed by atoms with Crippen molar-refractivity contribution >= 4 is 23.0 Å². The van der Waals surface area contributed by atoms with E-state index >= 15 is 0 Å². The Bertz CT molecular complexity index is 1230. The van der Waals surface area contributed by atoms with Gasteiger partial charge < -0.3 is 19.2 Å². The number of nitrogens with one attached hydrogen (secondary N) is 1. The first-order chi connectivity index (χ1) is 17.5. The van der Waals surface area contributed by atoms with Crippen LogP contribution in [0.5, 0.6) is 5.75 Å². The Morgan fingerprint density at radius 1 is 1.03 bits per heavy atom. The molecule has 1 aliphatic rings. The standard InChI is InChI=1S/C29H33NO6/c1-2-3-9-23-16-27(31)36-26-17-24(14-15-25(23)26)35-28(32)22-12-10-20(11-13-22)18-30-29(33)34-19-21-7-5-4-6-8-21/h4-8,14-17,20,22H,2-3,9-13,18-19H2,1H3,(H,30,33). The Morgan fingerprint density at radius 2 is 1.81 bits per heavy atom. The van der Waals surface area contributed by atoms with Crippen LogP contribution in [0.25, 0.3) is 11.0 Å². The Kier molecular flexibility index (Phi) is 8.76. The number of carbonyl (C=O) groups excluding carboxylic acids is 2. The lowest BCUT2D eigenvalue weighted by molar-refractivity contribution is -0.140. The Morgan fingerprint density at radius 3 is 2.56 bits per heavy atom. The fraction of sp³-hybridized carbons (Fsp3) is 0.414. The van der Waals surface area contributed by atoms with E-state index in [4.69, 9.17) is 13.9 Å². The minimum atomic E-state index is -0.429. The van der Waals surface area contributed by atoms with Crippen molar-refractivity contribution in [1.82, 2.24) is 5.32 Å². The van der Waals surface area contributed by atoms with Gasteiger partial charge in [-0.15, -0.1) is 0 Å². The number of rotatable bonds is 9. The van der Waals surface area contributed by atoms with Crippen molar-refractivity contribution in [2.75, 3.05) is 6.54 Å². The average molecular weight is 492 g/mol. The molecule has 0 unspecified atom stereocenters. The first-order valence-corrected chi connectivity index (χ1v) is 12.7. The number of hydrogen-bond donors (Lipinski definition) is 1. The summed E-state index contributed by atoms with van der Waals surface area (Å²) >= 11 is 0. The van der Waals surface area contributed by atoms with E-state index in [1.54, 1.807) is 18.2 Å². The van der Waals surface area contributed by atoms with Gasteiger partial charge in [-0.25, -0.2) is 9.59 Å². The molecular formula is C29H33NO6. The molecule has 1 heterocycles. The normalized spacial score (nSPS) is 17.5. The minimum absolute atomic E-state index is 0.190. The number of esters is 1. The van der Waals surface area contributed by atoms with Crippen LogP contribution in [0.15, 0.2) is 63.8 Å². The first kappa shape index (κ1) is 25.5. The van der Waals surface area contributed by atoms with Crippen LogP contribution in [0.2, 0.25) is 0 Å². The van der Waals surface area contributed by atoms with Crippen LogP contribution < -0.4 is 15.7 Å². The molecular weight excluding hydrogens is 458 g/mol.